The number of hydrazine groups is 1. The fourth-order valence-corrected chi connectivity index (χ4v) is 2.58. The van der Waals surface area contributed by atoms with Crippen molar-refractivity contribution in [3.63, 3.8) is 0 Å². The number of anilines is 1. The summed E-state index contributed by atoms with van der Waals surface area (Å²) in [6, 6.07) is 5.92. The van der Waals surface area contributed by atoms with Crippen LogP contribution in [-0.2, 0) is 14.8 Å². The third kappa shape index (κ3) is 5.97. The largest absolute Gasteiger partial charge is 0.326 e. The summed E-state index contributed by atoms with van der Waals surface area (Å²) in [4.78, 5) is 13.3. The van der Waals surface area contributed by atoms with Gasteiger partial charge in [0.15, 0.2) is 0 Å². The molecule has 0 aliphatic heterocycles. The number of benzene rings is 1. The van der Waals surface area contributed by atoms with E-state index in [1.54, 1.807) is 6.92 Å². The van der Waals surface area contributed by atoms with E-state index in [0.717, 1.165) is 5.70 Å². The molecule has 1 aromatic rings. The van der Waals surface area contributed by atoms with Crippen LogP contribution in [0.4, 0.5) is 5.69 Å². The predicted octanol–water partition coefficient (Wildman–Crippen LogP) is 1.99. The smallest absolute Gasteiger partial charge is 0.257 e. The summed E-state index contributed by atoms with van der Waals surface area (Å²) < 4.78 is 24.1. The van der Waals surface area contributed by atoms with Crippen molar-refractivity contribution in [2.75, 3.05) is 5.32 Å². The van der Waals surface area contributed by atoms with Crippen molar-refractivity contribution in [1.82, 2.24) is 10.3 Å². The van der Waals surface area contributed by atoms with E-state index in [1.807, 2.05) is 19.9 Å². The monoisotopic (exact) mass is 311 g/mol. The van der Waals surface area contributed by atoms with Crippen molar-refractivity contribution in [1.29, 1.82) is 0 Å². The molecular formula is C14H21N3O3S. The van der Waals surface area contributed by atoms with Gasteiger partial charge in [0.25, 0.3) is 10.0 Å². The Morgan fingerprint density at radius 1 is 1.14 bits per heavy atom. The van der Waals surface area contributed by atoms with Gasteiger partial charge in [-0.1, -0.05) is 19.9 Å². The van der Waals surface area contributed by atoms with E-state index >= 15 is 0 Å². The van der Waals surface area contributed by atoms with Crippen LogP contribution in [0, 0.1) is 5.92 Å². The molecule has 0 aliphatic rings. The van der Waals surface area contributed by atoms with Gasteiger partial charge in [-0.15, -0.1) is 4.83 Å². The van der Waals surface area contributed by atoms with Crippen LogP contribution in [-0.4, -0.2) is 14.3 Å². The number of carbonyl (C=O) groups excluding carboxylic acids is 1. The molecule has 0 unspecified atom stereocenters. The Labute approximate surface area is 125 Å². The van der Waals surface area contributed by atoms with E-state index in [4.69, 9.17) is 0 Å². The molecule has 0 atom stereocenters. The first-order valence-corrected chi connectivity index (χ1v) is 8.03. The minimum Gasteiger partial charge on any atom is -0.326 e. The molecule has 1 amide bonds. The Balaban J connectivity index is 2.77. The average molecular weight is 311 g/mol. The predicted molar refractivity (Wildman–Crippen MR) is 82.8 cm³/mol. The van der Waals surface area contributed by atoms with Crippen LogP contribution >= 0.6 is 0 Å². The summed E-state index contributed by atoms with van der Waals surface area (Å²) in [5, 5.41) is 2.58. The third-order valence-corrected chi connectivity index (χ3v) is 3.71. The Morgan fingerprint density at radius 2 is 1.71 bits per heavy atom. The highest BCUT2D eigenvalue weighted by atomic mass is 32.2. The van der Waals surface area contributed by atoms with Crippen molar-refractivity contribution < 1.29 is 13.2 Å². The molecule has 6 nitrogen and oxygen atoms in total. The van der Waals surface area contributed by atoms with Crippen LogP contribution in [0.1, 0.15) is 27.7 Å². The molecule has 0 spiro atoms. The van der Waals surface area contributed by atoms with Gasteiger partial charge in [0, 0.05) is 18.3 Å². The fourth-order valence-electron chi connectivity index (χ4n) is 1.67. The van der Waals surface area contributed by atoms with Crippen molar-refractivity contribution in [2.24, 2.45) is 5.92 Å². The average Bonchev–Trinajstić information content (AvgIpc) is 2.36. The van der Waals surface area contributed by atoms with Crippen LogP contribution < -0.4 is 15.6 Å². The molecule has 0 aliphatic carbocycles. The number of allylic oxidation sites excluding steroid dienone is 2. The van der Waals surface area contributed by atoms with Gasteiger partial charge in [0.2, 0.25) is 5.91 Å². The summed E-state index contributed by atoms with van der Waals surface area (Å²) in [5.41, 5.74) is 3.92. The van der Waals surface area contributed by atoms with E-state index in [2.05, 4.69) is 15.6 Å². The SMILES string of the molecule is CC(=O)Nc1ccc(S(=O)(=O)NNC(C)=CC(C)C)cc1. The highest BCUT2D eigenvalue weighted by Gasteiger charge is 2.13. The fraction of sp³-hybridized carbons (Fsp3) is 0.357. The van der Waals surface area contributed by atoms with Gasteiger partial charge < -0.3 is 10.7 Å². The lowest BCUT2D eigenvalue weighted by Gasteiger charge is -2.11. The standard InChI is InChI=1S/C14H21N3O3S/c1-10(2)9-11(3)16-17-21(19,20)14-7-5-13(6-8-14)15-12(4)18/h5-10,16-17H,1-4H3,(H,15,18). The molecule has 1 rings (SSSR count). The van der Waals surface area contributed by atoms with Crippen LogP contribution in [0.2, 0.25) is 0 Å². The zero-order valence-corrected chi connectivity index (χ0v) is 13.4. The molecule has 21 heavy (non-hydrogen) atoms. The van der Waals surface area contributed by atoms with E-state index in [-0.39, 0.29) is 10.8 Å². The molecule has 3 N–H and O–H groups in total. The number of hydrogen-bond acceptors (Lipinski definition) is 4. The highest BCUT2D eigenvalue weighted by molar-refractivity contribution is 7.89. The Kier molecular flexibility index (Phi) is 5.92. The minimum atomic E-state index is -3.65. The molecule has 0 aromatic heterocycles. The van der Waals surface area contributed by atoms with Crippen molar-refractivity contribution >= 4 is 21.6 Å². The minimum absolute atomic E-state index is 0.112. The number of rotatable bonds is 6. The quantitative estimate of drug-likeness (QED) is 0.701. The molecule has 7 heteroatoms. The van der Waals surface area contributed by atoms with Gasteiger partial charge in [-0.2, -0.15) is 0 Å². The Morgan fingerprint density at radius 3 is 2.19 bits per heavy atom. The lowest BCUT2D eigenvalue weighted by molar-refractivity contribution is -0.114. The van der Waals surface area contributed by atoms with Crippen LogP contribution in [0.15, 0.2) is 40.9 Å². The van der Waals surface area contributed by atoms with E-state index < -0.39 is 10.0 Å². The topological polar surface area (TPSA) is 87.3 Å². The molecule has 0 saturated carbocycles. The van der Waals surface area contributed by atoms with Gasteiger partial charge in [0.1, 0.15) is 0 Å². The van der Waals surface area contributed by atoms with E-state index in [1.165, 1.54) is 31.2 Å². The maximum atomic E-state index is 12.1. The molecular weight excluding hydrogens is 290 g/mol. The molecule has 116 valence electrons. The number of nitrogens with one attached hydrogen (secondary N) is 3. The number of carbonyl (C=O) groups is 1. The second-order valence-electron chi connectivity index (χ2n) is 5.03. The summed E-state index contributed by atoms with van der Waals surface area (Å²) in [5.74, 6) is 0.110. The van der Waals surface area contributed by atoms with Gasteiger partial charge in [-0.05, 0) is 37.1 Å². The number of hydrogen-bond donors (Lipinski definition) is 3. The zero-order chi connectivity index (χ0) is 16.0. The van der Waals surface area contributed by atoms with Crippen molar-refractivity contribution in [3.8, 4) is 0 Å². The third-order valence-electron chi connectivity index (χ3n) is 2.45. The maximum Gasteiger partial charge on any atom is 0.257 e. The van der Waals surface area contributed by atoms with Gasteiger partial charge in [-0.3, -0.25) is 4.79 Å². The second kappa shape index (κ2) is 7.24. The molecule has 0 saturated heterocycles. The first-order chi connectivity index (χ1) is 9.70. The Hall–Kier alpha value is -1.86. The Bertz CT molecular complexity index is 619. The molecule has 0 bridgehead atoms. The first-order valence-electron chi connectivity index (χ1n) is 6.54. The van der Waals surface area contributed by atoms with Gasteiger partial charge in [0.05, 0.1) is 4.90 Å². The summed E-state index contributed by atoms with van der Waals surface area (Å²) >= 11 is 0. The lowest BCUT2D eigenvalue weighted by atomic mass is 10.2. The molecule has 0 radical (unpaired) electrons. The number of amides is 1. The number of sulfonamides is 1. The van der Waals surface area contributed by atoms with E-state index in [9.17, 15) is 13.2 Å². The van der Waals surface area contributed by atoms with Gasteiger partial charge >= 0.3 is 0 Å². The van der Waals surface area contributed by atoms with E-state index in [0.29, 0.717) is 11.6 Å². The van der Waals surface area contributed by atoms with Crippen LogP contribution in [0.3, 0.4) is 0 Å². The second-order valence-corrected chi connectivity index (χ2v) is 6.71. The van der Waals surface area contributed by atoms with Crippen molar-refractivity contribution in [3.05, 3.63) is 36.0 Å². The van der Waals surface area contributed by atoms with Crippen molar-refractivity contribution in [2.45, 2.75) is 32.6 Å². The lowest BCUT2D eigenvalue weighted by Crippen LogP contribution is -2.36. The normalized spacial score (nSPS) is 12.3. The molecule has 0 fully saturated rings. The zero-order valence-electron chi connectivity index (χ0n) is 12.6. The maximum absolute atomic E-state index is 12.1. The highest BCUT2D eigenvalue weighted by Crippen LogP contribution is 2.13. The van der Waals surface area contributed by atoms with Gasteiger partial charge in [-0.25, -0.2) is 8.42 Å². The summed E-state index contributed by atoms with van der Waals surface area (Å²) in [6.45, 7) is 7.17. The first kappa shape index (κ1) is 17.2. The molecule has 0 heterocycles. The molecule has 1 aromatic carbocycles. The van der Waals surface area contributed by atoms with Crippen LogP contribution in [0.5, 0.6) is 0 Å². The van der Waals surface area contributed by atoms with Crippen LogP contribution in [0.25, 0.3) is 0 Å². The summed E-state index contributed by atoms with van der Waals surface area (Å²) in [6.07, 6.45) is 1.91. The summed E-state index contributed by atoms with van der Waals surface area (Å²) in [7, 11) is -3.65.